The second-order valence-electron chi connectivity index (χ2n) is 12.0. The molecule has 238 valence electrons. The Kier molecular flexibility index (Phi) is 8.51. The molecular weight excluding hydrogens is 780 g/mol. The predicted molar refractivity (Wildman–Crippen MR) is 198 cm³/mol. The normalized spacial score (nSPS) is 11.1. The molecule has 0 aliphatic heterocycles. The van der Waals surface area contributed by atoms with E-state index >= 15 is 0 Å². The van der Waals surface area contributed by atoms with Gasteiger partial charge in [-0.25, -0.2) is 0 Å². The Hall–Kier alpha value is -5.51. The molecule has 49 heavy (non-hydrogen) atoms. The molecule has 6 aromatic carbocycles. The minimum absolute atomic E-state index is 0.132. The van der Waals surface area contributed by atoms with Gasteiger partial charge in [-0.1, -0.05) is 6.07 Å². The number of imidazole rings is 1. The molecule has 0 fully saturated rings. The molecule has 0 radical (unpaired) electrons. The van der Waals surface area contributed by atoms with Gasteiger partial charge in [0.2, 0.25) is 0 Å². The molecule has 0 spiro atoms. The summed E-state index contributed by atoms with van der Waals surface area (Å²) >= 11 is 2.44. The SMILES string of the molecule is Cn1[c](=[Pt])n(-c2cccc(B(c3cccc(Oc4ccccn4)c3)c3c(-c4ccccc4)cccc3-c3ccccc3)c2)c2ccccc21. The molecule has 0 unspecified atom stereocenters. The van der Waals surface area contributed by atoms with Crippen LogP contribution in [0.25, 0.3) is 39.0 Å². The van der Waals surface area contributed by atoms with E-state index in [1.165, 1.54) is 44.2 Å². The van der Waals surface area contributed by atoms with Crippen molar-refractivity contribution in [1.82, 2.24) is 14.1 Å². The van der Waals surface area contributed by atoms with Gasteiger partial charge in [0.15, 0.2) is 0 Å². The first-order valence-corrected chi connectivity index (χ1v) is 17.4. The van der Waals surface area contributed by atoms with Gasteiger partial charge in [0, 0.05) is 6.20 Å². The summed E-state index contributed by atoms with van der Waals surface area (Å²) in [6, 6.07) is 59.9. The van der Waals surface area contributed by atoms with Crippen molar-refractivity contribution in [3.05, 3.63) is 180 Å². The van der Waals surface area contributed by atoms with Crippen LogP contribution in [-0.2, 0) is 26.4 Å². The van der Waals surface area contributed by atoms with Crippen LogP contribution in [0.15, 0.2) is 176 Å². The number of fused-ring (bicyclic) bond motifs is 1. The van der Waals surface area contributed by atoms with Crippen molar-refractivity contribution >= 4 is 34.1 Å². The molecular formula is C43H32BN3OPt. The minimum atomic E-state index is -0.132. The molecule has 0 bridgehead atoms. The molecule has 0 atom stereocenters. The van der Waals surface area contributed by atoms with E-state index in [-0.39, 0.29) is 6.71 Å². The zero-order valence-corrected chi connectivity index (χ0v) is 29.2. The van der Waals surface area contributed by atoms with Gasteiger partial charge in [-0.2, -0.15) is 0 Å². The van der Waals surface area contributed by atoms with Gasteiger partial charge in [0.1, 0.15) is 0 Å². The molecule has 8 aromatic rings. The van der Waals surface area contributed by atoms with Crippen molar-refractivity contribution in [3.8, 4) is 39.6 Å². The zero-order valence-electron chi connectivity index (χ0n) is 26.9. The topological polar surface area (TPSA) is 32.0 Å². The molecule has 4 nitrogen and oxygen atoms in total. The maximum atomic E-state index is 6.31. The average Bonchev–Trinajstić information content (AvgIpc) is 3.42. The van der Waals surface area contributed by atoms with Crippen LogP contribution < -0.4 is 21.1 Å². The van der Waals surface area contributed by atoms with Crippen molar-refractivity contribution in [2.75, 3.05) is 0 Å². The van der Waals surface area contributed by atoms with Gasteiger partial charge in [-0.15, -0.1) is 0 Å². The first kappa shape index (κ1) is 30.8. The Labute approximate surface area is 297 Å². The summed E-state index contributed by atoms with van der Waals surface area (Å²) in [4.78, 5) is 4.43. The molecule has 8 rings (SSSR count). The van der Waals surface area contributed by atoms with E-state index in [0.717, 1.165) is 20.7 Å². The van der Waals surface area contributed by atoms with Gasteiger partial charge in [0.05, 0.1) is 0 Å². The average molecular weight is 813 g/mol. The van der Waals surface area contributed by atoms with Crippen LogP contribution in [0.2, 0.25) is 0 Å². The fraction of sp³-hybridized carbons (Fsp3) is 0.0233. The quantitative estimate of drug-likeness (QED) is 0.146. The Morgan fingerprint density at radius 2 is 1.16 bits per heavy atom. The first-order chi connectivity index (χ1) is 24.2. The van der Waals surface area contributed by atoms with Crippen LogP contribution in [0.1, 0.15) is 0 Å². The van der Waals surface area contributed by atoms with Gasteiger partial charge >= 0.3 is 280 Å². The van der Waals surface area contributed by atoms with Crippen LogP contribution in [0, 0.1) is 3.80 Å². The Balaban J connectivity index is 1.40. The number of ether oxygens (including phenoxy) is 1. The summed E-state index contributed by atoms with van der Waals surface area (Å²) in [6.45, 7) is -0.132. The van der Waals surface area contributed by atoms with Crippen LogP contribution in [0.5, 0.6) is 11.6 Å². The van der Waals surface area contributed by atoms with E-state index in [2.05, 4.69) is 186 Å². The molecule has 0 aliphatic rings. The summed E-state index contributed by atoms with van der Waals surface area (Å²) in [7, 11) is 2.13. The number of nitrogens with zero attached hydrogens (tertiary/aromatic N) is 3. The van der Waals surface area contributed by atoms with Crippen LogP contribution >= 0.6 is 0 Å². The van der Waals surface area contributed by atoms with Crippen molar-refractivity contribution in [2.45, 2.75) is 0 Å². The van der Waals surface area contributed by atoms with Crippen LogP contribution in [0.4, 0.5) is 0 Å². The monoisotopic (exact) mass is 812 g/mol. The molecule has 0 saturated heterocycles. The second-order valence-corrected chi connectivity index (χ2v) is 13.0. The Bertz CT molecular complexity index is 2400. The third-order valence-corrected chi connectivity index (χ3v) is 10.3. The van der Waals surface area contributed by atoms with E-state index in [4.69, 9.17) is 4.74 Å². The maximum absolute atomic E-state index is 6.31. The van der Waals surface area contributed by atoms with Crippen molar-refractivity contribution in [2.24, 2.45) is 7.05 Å². The van der Waals surface area contributed by atoms with E-state index in [1.807, 2.05) is 24.3 Å². The molecule has 0 N–H and O–H groups in total. The fourth-order valence-corrected chi connectivity index (χ4v) is 7.62. The van der Waals surface area contributed by atoms with Gasteiger partial charge in [-0.3, -0.25) is 0 Å². The molecule has 0 aliphatic carbocycles. The summed E-state index contributed by atoms with van der Waals surface area (Å²) in [5.74, 6) is 1.31. The molecule has 2 aromatic heterocycles. The molecule has 0 amide bonds. The van der Waals surface area contributed by atoms with Crippen molar-refractivity contribution in [1.29, 1.82) is 0 Å². The second kappa shape index (κ2) is 13.5. The third kappa shape index (κ3) is 6.03. The standard InChI is InChI=1S/C43H32BN3O.Pt/c1-46-31-47(41-26-9-8-25-40(41)46)36-21-12-19-34(29-36)44(35-20-13-22-37(30-35)48-42-27-10-11-28-45-42)43-38(32-15-4-2-5-16-32)23-14-24-39(43)33-17-6-3-7-18-33;/h2-30H,1H3;. The number of hydrogen-bond acceptors (Lipinski definition) is 2. The van der Waals surface area contributed by atoms with E-state index in [0.29, 0.717) is 5.88 Å². The molecule has 0 saturated carbocycles. The van der Waals surface area contributed by atoms with Crippen molar-refractivity contribution in [3.63, 3.8) is 0 Å². The van der Waals surface area contributed by atoms with E-state index < -0.39 is 0 Å². The summed E-state index contributed by atoms with van der Waals surface area (Å²) in [5.41, 5.74) is 11.8. The Morgan fingerprint density at radius 3 is 1.84 bits per heavy atom. The van der Waals surface area contributed by atoms with Gasteiger partial charge < -0.3 is 0 Å². The van der Waals surface area contributed by atoms with E-state index in [9.17, 15) is 0 Å². The van der Waals surface area contributed by atoms with Gasteiger partial charge in [-0.05, 0) is 6.07 Å². The number of para-hydroxylation sites is 2. The number of rotatable bonds is 8. The number of pyridine rings is 1. The van der Waals surface area contributed by atoms with E-state index in [1.54, 1.807) is 6.20 Å². The molecule has 6 heteroatoms. The van der Waals surface area contributed by atoms with Gasteiger partial charge in [0.25, 0.3) is 0 Å². The number of aromatic nitrogens is 3. The molecule has 2 heterocycles. The van der Waals surface area contributed by atoms with Crippen LogP contribution in [0.3, 0.4) is 0 Å². The number of benzene rings is 6. The number of hydrogen-bond donors (Lipinski definition) is 0. The summed E-state index contributed by atoms with van der Waals surface area (Å²) in [6.07, 6.45) is 1.75. The van der Waals surface area contributed by atoms with Crippen molar-refractivity contribution < 1.29 is 24.1 Å². The first-order valence-electron chi connectivity index (χ1n) is 16.3. The Morgan fingerprint density at radius 1 is 0.571 bits per heavy atom. The fourth-order valence-electron chi connectivity index (χ4n) is 6.78. The summed E-state index contributed by atoms with van der Waals surface area (Å²) < 4.78 is 12.0. The predicted octanol–water partition coefficient (Wildman–Crippen LogP) is 8.09. The third-order valence-electron chi connectivity index (χ3n) is 8.99. The van der Waals surface area contributed by atoms with Crippen LogP contribution in [-0.4, -0.2) is 20.8 Å². The summed E-state index contributed by atoms with van der Waals surface area (Å²) in [5, 5.41) is 0. The number of aryl methyl sites for hydroxylation is 1. The zero-order chi connectivity index (χ0) is 33.2.